The lowest BCUT2D eigenvalue weighted by molar-refractivity contribution is -0.118. The second-order valence-electron chi connectivity index (χ2n) is 7.26. The number of anilines is 1. The molecule has 0 atom stereocenters. The minimum absolute atomic E-state index is 0.157. The molecule has 0 radical (unpaired) electrons. The number of hydrogen-bond acceptors (Lipinski definition) is 5. The fraction of sp³-hybridized carbons (Fsp3) is 0.154. The maximum absolute atomic E-state index is 12.3. The number of rotatable bonds is 8. The molecule has 0 saturated heterocycles. The van der Waals surface area contributed by atoms with E-state index in [-0.39, 0.29) is 12.5 Å². The van der Waals surface area contributed by atoms with Crippen molar-refractivity contribution in [2.75, 3.05) is 26.1 Å². The molecule has 3 aromatic carbocycles. The van der Waals surface area contributed by atoms with E-state index in [0.717, 1.165) is 11.1 Å². The molecule has 0 aliphatic rings. The quantitative estimate of drug-likeness (QED) is 0.237. The SMILES string of the molecule is COc1ccc(/C(C#N)=C/c2cc(Br)c(OCC(=O)Nc3cccc(C)c3)c(Br)c2)cc1OC. The number of carbonyl (C=O) groups excluding carboxylic acids is 1. The molecule has 0 heterocycles. The lowest BCUT2D eigenvalue weighted by Gasteiger charge is -2.12. The van der Waals surface area contributed by atoms with Gasteiger partial charge in [0.2, 0.25) is 0 Å². The van der Waals surface area contributed by atoms with Crippen LogP contribution in [-0.4, -0.2) is 26.7 Å². The Morgan fingerprint density at radius 2 is 1.74 bits per heavy atom. The van der Waals surface area contributed by atoms with E-state index in [4.69, 9.17) is 14.2 Å². The van der Waals surface area contributed by atoms with E-state index in [0.29, 0.717) is 43.0 Å². The second-order valence-corrected chi connectivity index (χ2v) is 8.97. The van der Waals surface area contributed by atoms with Crippen LogP contribution in [-0.2, 0) is 4.79 Å². The van der Waals surface area contributed by atoms with E-state index in [1.54, 1.807) is 38.5 Å². The van der Waals surface area contributed by atoms with E-state index in [2.05, 4.69) is 43.2 Å². The highest BCUT2D eigenvalue weighted by molar-refractivity contribution is 9.11. The van der Waals surface area contributed by atoms with Crippen LogP contribution in [0.3, 0.4) is 0 Å². The zero-order valence-corrected chi connectivity index (χ0v) is 22.0. The molecular weight excluding hydrogens is 564 g/mol. The Balaban J connectivity index is 1.77. The summed E-state index contributed by atoms with van der Waals surface area (Å²) in [7, 11) is 3.11. The van der Waals surface area contributed by atoms with Gasteiger partial charge in [-0.2, -0.15) is 5.26 Å². The van der Waals surface area contributed by atoms with Crippen LogP contribution >= 0.6 is 31.9 Å². The highest BCUT2D eigenvalue weighted by Gasteiger charge is 2.13. The summed E-state index contributed by atoms with van der Waals surface area (Å²) in [6, 6.07) is 18.7. The summed E-state index contributed by atoms with van der Waals surface area (Å²) in [4.78, 5) is 12.3. The third kappa shape index (κ3) is 6.40. The van der Waals surface area contributed by atoms with Crippen LogP contribution in [0.2, 0.25) is 0 Å². The molecule has 0 aliphatic heterocycles. The van der Waals surface area contributed by atoms with Gasteiger partial charge in [-0.15, -0.1) is 0 Å². The van der Waals surface area contributed by atoms with Crippen molar-refractivity contribution < 1.29 is 19.0 Å². The van der Waals surface area contributed by atoms with Crippen molar-refractivity contribution in [3.05, 3.63) is 80.2 Å². The van der Waals surface area contributed by atoms with E-state index >= 15 is 0 Å². The number of nitrogens with one attached hydrogen (secondary N) is 1. The average Bonchev–Trinajstić information content (AvgIpc) is 2.81. The van der Waals surface area contributed by atoms with Crippen molar-refractivity contribution in [2.45, 2.75) is 6.92 Å². The van der Waals surface area contributed by atoms with Crippen molar-refractivity contribution in [3.8, 4) is 23.3 Å². The Morgan fingerprint density at radius 3 is 2.35 bits per heavy atom. The highest BCUT2D eigenvalue weighted by atomic mass is 79.9. The fourth-order valence-electron chi connectivity index (χ4n) is 3.21. The predicted molar refractivity (Wildman–Crippen MR) is 140 cm³/mol. The third-order valence-corrected chi connectivity index (χ3v) is 5.97. The lowest BCUT2D eigenvalue weighted by Crippen LogP contribution is -2.20. The molecule has 1 amide bonds. The molecule has 174 valence electrons. The average molecular weight is 586 g/mol. The van der Waals surface area contributed by atoms with Crippen molar-refractivity contribution in [3.63, 3.8) is 0 Å². The molecule has 3 rings (SSSR count). The number of hydrogen-bond donors (Lipinski definition) is 1. The molecule has 0 saturated carbocycles. The van der Waals surface area contributed by atoms with E-state index in [1.807, 2.05) is 43.3 Å². The number of nitrogens with zero attached hydrogens (tertiary/aromatic N) is 1. The van der Waals surface area contributed by atoms with Crippen LogP contribution < -0.4 is 19.5 Å². The topological polar surface area (TPSA) is 80.6 Å². The van der Waals surface area contributed by atoms with Crippen LogP contribution in [0.1, 0.15) is 16.7 Å². The van der Waals surface area contributed by atoms with Gasteiger partial charge in [0.05, 0.1) is 34.8 Å². The monoisotopic (exact) mass is 584 g/mol. The standard InChI is InChI=1S/C26H22Br2N2O4/c1-16-5-4-6-20(9-16)30-25(31)15-34-26-21(27)11-17(12-22(26)28)10-19(14-29)18-7-8-23(32-2)24(13-18)33-3/h4-13H,15H2,1-3H3,(H,30,31)/b19-10+. The predicted octanol–water partition coefficient (Wildman–Crippen LogP) is 6.62. The van der Waals surface area contributed by atoms with Gasteiger partial charge in [0.1, 0.15) is 5.75 Å². The number of benzene rings is 3. The van der Waals surface area contributed by atoms with Gasteiger partial charge in [-0.05, 0) is 104 Å². The molecule has 0 unspecified atom stereocenters. The van der Waals surface area contributed by atoms with Gasteiger partial charge in [-0.1, -0.05) is 12.1 Å². The minimum atomic E-state index is -0.270. The van der Waals surface area contributed by atoms with Crippen molar-refractivity contribution in [1.82, 2.24) is 0 Å². The largest absolute Gasteiger partial charge is 0.493 e. The molecule has 0 bridgehead atoms. The van der Waals surface area contributed by atoms with E-state index in [9.17, 15) is 10.1 Å². The molecular formula is C26H22Br2N2O4. The molecule has 8 heteroatoms. The maximum Gasteiger partial charge on any atom is 0.262 e. The summed E-state index contributed by atoms with van der Waals surface area (Å²) in [5.41, 5.74) is 3.68. The van der Waals surface area contributed by atoms with Crippen LogP contribution in [0, 0.1) is 18.3 Å². The highest BCUT2D eigenvalue weighted by Crippen LogP contribution is 2.36. The third-order valence-electron chi connectivity index (χ3n) is 4.80. The van der Waals surface area contributed by atoms with Gasteiger partial charge in [-0.3, -0.25) is 4.79 Å². The number of carbonyl (C=O) groups is 1. The zero-order valence-electron chi connectivity index (χ0n) is 18.8. The van der Waals surface area contributed by atoms with Gasteiger partial charge in [0.15, 0.2) is 18.1 Å². The van der Waals surface area contributed by atoms with Gasteiger partial charge < -0.3 is 19.5 Å². The Morgan fingerprint density at radius 1 is 1.03 bits per heavy atom. The van der Waals surface area contributed by atoms with E-state index < -0.39 is 0 Å². The summed E-state index contributed by atoms with van der Waals surface area (Å²) in [5.74, 6) is 1.34. The Hall–Kier alpha value is -3.28. The molecule has 3 aromatic rings. The number of aryl methyl sites for hydroxylation is 1. The molecule has 0 spiro atoms. The maximum atomic E-state index is 12.3. The zero-order chi connectivity index (χ0) is 24.7. The number of ether oxygens (including phenoxy) is 3. The first-order valence-corrected chi connectivity index (χ1v) is 11.8. The molecule has 0 aromatic heterocycles. The first-order chi connectivity index (χ1) is 16.3. The second kappa shape index (κ2) is 11.7. The Kier molecular flexibility index (Phi) is 8.74. The lowest BCUT2D eigenvalue weighted by atomic mass is 10.0. The molecule has 1 N–H and O–H groups in total. The van der Waals surface area contributed by atoms with E-state index in [1.165, 1.54) is 0 Å². The van der Waals surface area contributed by atoms with Gasteiger partial charge in [0.25, 0.3) is 5.91 Å². The Labute approximate surface area is 215 Å². The molecule has 0 fully saturated rings. The number of allylic oxidation sites excluding steroid dienone is 1. The summed E-state index contributed by atoms with van der Waals surface area (Å²) >= 11 is 7.00. The number of halogens is 2. The number of amides is 1. The van der Waals surface area contributed by atoms with Gasteiger partial charge in [0, 0.05) is 5.69 Å². The van der Waals surface area contributed by atoms with Crippen molar-refractivity contribution in [1.29, 1.82) is 5.26 Å². The smallest absolute Gasteiger partial charge is 0.262 e. The van der Waals surface area contributed by atoms with Crippen molar-refractivity contribution >= 4 is 55.1 Å². The fourth-order valence-corrected chi connectivity index (χ4v) is 4.66. The normalized spacial score (nSPS) is 10.9. The number of nitriles is 1. The molecule has 0 aliphatic carbocycles. The summed E-state index contributed by atoms with van der Waals surface area (Å²) in [5, 5.41) is 12.5. The van der Waals surface area contributed by atoms with Crippen LogP contribution in [0.15, 0.2) is 63.5 Å². The number of methoxy groups -OCH3 is 2. The summed E-state index contributed by atoms with van der Waals surface area (Å²) in [6.45, 7) is 1.80. The van der Waals surface area contributed by atoms with Crippen LogP contribution in [0.4, 0.5) is 5.69 Å². The Bertz CT molecular complexity index is 1260. The first-order valence-electron chi connectivity index (χ1n) is 10.2. The minimum Gasteiger partial charge on any atom is -0.493 e. The van der Waals surface area contributed by atoms with Gasteiger partial charge >= 0.3 is 0 Å². The van der Waals surface area contributed by atoms with Crippen LogP contribution in [0.25, 0.3) is 11.6 Å². The molecule has 6 nitrogen and oxygen atoms in total. The summed E-state index contributed by atoms with van der Waals surface area (Å²) in [6.07, 6.45) is 1.75. The summed E-state index contributed by atoms with van der Waals surface area (Å²) < 4.78 is 17.6. The van der Waals surface area contributed by atoms with Gasteiger partial charge in [-0.25, -0.2) is 0 Å². The molecule has 34 heavy (non-hydrogen) atoms. The van der Waals surface area contributed by atoms with Crippen molar-refractivity contribution in [2.24, 2.45) is 0 Å². The van der Waals surface area contributed by atoms with Crippen LogP contribution in [0.5, 0.6) is 17.2 Å². The first kappa shape index (κ1) is 25.3.